The third kappa shape index (κ3) is 5.02. The molecule has 1 fully saturated rings. The maximum absolute atomic E-state index is 12.3. The molecule has 1 rings (SSSR count). The molecule has 2 amide bonds. The Kier molecular flexibility index (Phi) is 7.19. The van der Waals surface area contributed by atoms with Crippen molar-refractivity contribution in [1.29, 1.82) is 0 Å². The van der Waals surface area contributed by atoms with E-state index in [9.17, 15) is 14.4 Å². The number of nitrogens with one attached hydrogen (secondary N) is 1. The molecule has 6 heteroatoms. The van der Waals surface area contributed by atoms with Gasteiger partial charge in [-0.3, -0.25) is 9.59 Å². The first-order valence-corrected chi connectivity index (χ1v) is 7.83. The lowest BCUT2D eigenvalue weighted by atomic mass is 10.00. The second kappa shape index (κ2) is 8.64. The van der Waals surface area contributed by atoms with Crippen molar-refractivity contribution < 1.29 is 19.5 Å². The van der Waals surface area contributed by atoms with Gasteiger partial charge in [0.05, 0.1) is 0 Å². The minimum atomic E-state index is -1.02. The van der Waals surface area contributed by atoms with E-state index in [2.05, 4.69) is 5.32 Å². The zero-order chi connectivity index (χ0) is 15.8. The molecule has 1 aliphatic heterocycles. The van der Waals surface area contributed by atoms with Gasteiger partial charge in [-0.1, -0.05) is 20.3 Å². The monoisotopic (exact) mass is 298 g/mol. The first kappa shape index (κ1) is 17.5. The van der Waals surface area contributed by atoms with Crippen molar-refractivity contribution in [2.24, 2.45) is 0 Å². The topological polar surface area (TPSA) is 86.7 Å². The highest BCUT2D eigenvalue weighted by Crippen LogP contribution is 2.19. The number of carbonyl (C=O) groups is 3. The molecule has 1 heterocycles. The van der Waals surface area contributed by atoms with Crippen molar-refractivity contribution in [2.45, 2.75) is 70.9 Å². The molecule has 0 saturated carbocycles. The summed E-state index contributed by atoms with van der Waals surface area (Å²) < 4.78 is 0. The molecule has 0 radical (unpaired) electrons. The van der Waals surface area contributed by atoms with Crippen molar-refractivity contribution in [3.05, 3.63) is 0 Å². The van der Waals surface area contributed by atoms with E-state index < -0.39 is 18.1 Å². The van der Waals surface area contributed by atoms with Crippen molar-refractivity contribution in [3.63, 3.8) is 0 Å². The fourth-order valence-electron chi connectivity index (χ4n) is 2.67. The van der Waals surface area contributed by atoms with Crippen LogP contribution in [0, 0.1) is 0 Å². The lowest BCUT2D eigenvalue weighted by Gasteiger charge is -2.35. The summed E-state index contributed by atoms with van der Waals surface area (Å²) in [5.41, 5.74) is 0. The van der Waals surface area contributed by atoms with E-state index in [1.807, 2.05) is 13.8 Å². The Bertz CT molecular complexity index is 384. The normalized spacial score (nSPS) is 19.9. The van der Waals surface area contributed by atoms with E-state index in [1.54, 1.807) is 4.90 Å². The molecule has 0 aromatic heterocycles. The van der Waals surface area contributed by atoms with Gasteiger partial charge in [-0.05, 0) is 32.1 Å². The number of hydrogen-bond donors (Lipinski definition) is 2. The highest BCUT2D eigenvalue weighted by Gasteiger charge is 2.33. The zero-order valence-corrected chi connectivity index (χ0v) is 12.9. The Morgan fingerprint density at radius 1 is 1.24 bits per heavy atom. The summed E-state index contributed by atoms with van der Waals surface area (Å²) in [6.45, 7) is 4.39. The van der Waals surface area contributed by atoms with Crippen LogP contribution < -0.4 is 5.32 Å². The maximum Gasteiger partial charge on any atom is 0.326 e. The van der Waals surface area contributed by atoms with Gasteiger partial charge in [-0.15, -0.1) is 0 Å². The van der Waals surface area contributed by atoms with Crippen LogP contribution >= 0.6 is 0 Å². The van der Waals surface area contributed by atoms with Gasteiger partial charge in [0, 0.05) is 13.0 Å². The van der Waals surface area contributed by atoms with Crippen LogP contribution in [-0.2, 0) is 14.4 Å². The lowest BCUT2D eigenvalue weighted by molar-refractivity contribution is -0.146. The summed E-state index contributed by atoms with van der Waals surface area (Å²) in [5.74, 6) is -1.37. The Labute approximate surface area is 125 Å². The molecule has 120 valence electrons. The number of carboxylic acids is 1. The van der Waals surface area contributed by atoms with Crippen LogP contribution in [-0.4, -0.2) is 46.4 Å². The predicted octanol–water partition coefficient (Wildman–Crippen LogP) is 1.54. The quantitative estimate of drug-likeness (QED) is 0.746. The van der Waals surface area contributed by atoms with Gasteiger partial charge in [0.25, 0.3) is 0 Å². The van der Waals surface area contributed by atoms with E-state index >= 15 is 0 Å². The fraction of sp³-hybridized carbons (Fsp3) is 0.800. The third-order valence-corrected chi connectivity index (χ3v) is 3.78. The third-order valence-electron chi connectivity index (χ3n) is 3.78. The second-order valence-electron chi connectivity index (χ2n) is 5.54. The number of aliphatic carboxylic acids is 1. The van der Waals surface area contributed by atoms with Crippen LogP contribution in [0.5, 0.6) is 0 Å². The molecule has 21 heavy (non-hydrogen) atoms. The molecule has 0 bridgehead atoms. The zero-order valence-electron chi connectivity index (χ0n) is 12.9. The molecule has 2 N–H and O–H groups in total. The molecule has 0 aromatic rings. The van der Waals surface area contributed by atoms with E-state index in [4.69, 9.17) is 5.11 Å². The molecule has 0 aliphatic carbocycles. The minimum Gasteiger partial charge on any atom is -0.480 e. The van der Waals surface area contributed by atoms with Crippen molar-refractivity contribution in [2.75, 3.05) is 6.54 Å². The number of hydrogen-bond acceptors (Lipinski definition) is 3. The average molecular weight is 298 g/mol. The second-order valence-corrected chi connectivity index (χ2v) is 5.54. The number of rotatable bonds is 7. The van der Waals surface area contributed by atoms with Crippen LogP contribution in [0.15, 0.2) is 0 Å². The first-order valence-electron chi connectivity index (χ1n) is 7.83. The summed E-state index contributed by atoms with van der Waals surface area (Å²) in [5, 5.41) is 11.7. The van der Waals surface area contributed by atoms with Gasteiger partial charge < -0.3 is 15.3 Å². The predicted molar refractivity (Wildman–Crippen MR) is 78.7 cm³/mol. The number of nitrogens with zero attached hydrogens (tertiary/aromatic N) is 1. The Hall–Kier alpha value is -1.59. The summed E-state index contributed by atoms with van der Waals surface area (Å²) >= 11 is 0. The average Bonchev–Trinajstić information content (AvgIpc) is 2.46. The van der Waals surface area contributed by atoms with Crippen molar-refractivity contribution in [3.8, 4) is 0 Å². The van der Waals surface area contributed by atoms with Crippen LogP contribution in [0.2, 0.25) is 0 Å². The SMILES string of the molecule is CCCC(=O)N1CCCC[C@@H]1C(=O)N[C@H](CCC)C(=O)O. The van der Waals surface area contributed by atoms with Gasteiger partial charge >= 0.3 is 5.97 Å². The molecular weight excluding hydrogens is 272 g/mol. The van der Waals surface area contributed by atoms with Gasteiger partial charge in [0.2, 0.25) is 11.8 Å². The largest absolute Gasteiger partial charge is 0.480 e. The minimum absolute atomic E-state index is 0.0142. The van der Waals surface area contributed by atoms with Gasteiger partial charge in [-0.25, -0.2) is 4.79 Å². The number of likely N-dealkylation sites (tertiary alicyclic amines) is 1. The lowest BCUT2D eigenvalue weighted by Crippen LogP contribution is -2.54. The van der Waals surface area contributed by atoms with E-state index in [0.717, 1.165) is 19.3 Å². The summed E-state index contributed by atoms with van der Waals surface area (Å²) in [7, 11) is 0. The summed E-state index contributed by atoms with van der Waals surface area (Å²) in [6, 6.07) is -1.39. The molecule has 0 spiro atoms. The number of amides is 2. The molecule has 6 nitrogen and oxygen atoms in total. The molecule has 1 saturated heterocycles. The summed E-state index contributed by atoms with van der Waals surface area (Å²) in [4.78, 5) is 37.2. The number of carboxylic acid groups (broad SMARTS) is 1. The number of carbonyl (C=O) groups excluding carboxylic acids is 2. The van der Waals surface area contributed by atoms with E-state index in [1.165, 1.54) is 0 Å². The Balaban J connectivity index is 2.72. The summed E-state index contributed by atoms with van der Waals surface area (Å²) in [6.07, 6.45) is 4.66. The molecular formula is C15H26N2O4. The smallest absolute Gasteiger partial charge is 0.326 e. The van der Waals surface area contributed by atoms with Crippen molar-refractivity contribution in [1.82, 2.24) is 10.2 Å². The maximum atomic E-state index is 12.3. The van der Waals surface area contributed by atoms with Crippen LogP contribution in [0.4, 0.5) is 0 Å². The Morgan fingerprint density at radius 2 is 1.95 bits per heavy atom. The highest BCUT2D eigenvalue weighted by atomic mass is 16.4. The van der Waals surface area contributed by atoms with Crippen LogP contribution in [0.1, 0.15) is 58.8 Å². The van der Waals surface area contributed by atoms with E-state index in [0.29, 0.717) is 32.2 Å². The highest BCUT2D eigenvalue weighted by molar-refractivity contribution is 5.90. The van der Waals surface area contributed by atoms with Gasteiger partial charge in [-0.2, -0.15) is 0 Å². The molecule has 0 aromatic carbocycles. The van der Waals surface area contributed by atoms with Crippen LogP contribution in [0.3, 0.4) is 0 Å². The first-order chi connectivity index (χ1) is 10.0. The molecule has 0 unspecified atom stereocenters. The Morgan fingerprint density at radius 3 is 2.52 bits per heavy atom. The van der Waals surface area contributed by atoms with Crippen molar-refractivity contribution >= 4 is 17.8 Å². The molecule has 1 aliphatic rings. The standard InChI is InChI=1S/C15H26N2O4/c1-3-7-11(15(20)21)16-14(19)12-9-5-6-10-17(12)13(18)8-4-2/h11-12H,3-10H2,1-2H3,(H,16,19)(H,20,21)/t11-,12-/m1/s1. The van der Waals surface area contributed by atoms with Crippen LogP contribution in [0.25, 0.3) is 0 Å². The fourth-order valence-corrected chi connectivity index (χ4v) is 2.67. The van der Waals surface area contributed by atoms with E-state index in [-0.39, 0.29) is 11.8 Å². The number of piperidine rings is 1. The molecule has 2 atom stereocenters. The van der Waals surface area contributed by atoms with Gasteiger partial charge in [0.15, 0.2) is 0 Å². The van der Waals surface area contributed by atoms with Gasteiger partial charge in [0.1, 0.15) is 12.1 Å².